The number of anilines is 1. The summed E-state index contributed by atoms with van der Waals surface area (Å²) in [6.45, 7) is 1.15. The third kappa shape index (κ3) is 3.78. The number of benzene rings is 1. The maximum atomic E-state index is 12.3. The van der Waals surface area contributed by atoms with Crippen LogP contribution in [-0.2, 0) is 11.2 Å². The summed E-state index contributed by atoms with van der Waals surface area (Å²) < 4.78 is 11.1. The quantitative estimate of drug-likeness (QED) is 0.884. The number of nitrogens with one attached hydrogen (secondary N) is 1. The number of carbonyl (C=O) groups excluding carboxylic acids is 2. The van der Waals surface area contributed by atoms with Gasteiger partial charge in [-0.25, -0.2) is 4.98 Å². The Bertz CT molecular complexity index is 744. The molecule has 2 amide bonds. The van der Waals surface area contributed by atoms with E-state index in [1.165, 1.54) is 11.3 Å². The van der Waals surface area contributed by atoms with E-state index in [1.807, 2.05) is 0 Å². The Morgan fingerprint density at radius 2 is 2.04 bits per heavy atom. The summed E-state index contributed by atoms with van der Waals surface area (Å²) in [5, 5.41) is 4.80. The molecule has 0 atom stereocenters. The molecule has 0 spiro atoms. The van der Waals surface area contributed by atoms with Gasteiger partial charge in [-0.05, 0) is 18.2 Å². The second kappa shape index (κ2) is 6.66. The minimum Gasteiger partial charge on any atom is -0.490 e. The van der Waals surface area contributed by atoms with Gasteiger partial charge in [0.05, 0.1) is 25.3 Å². The largest absolute Gasteiger partial charge is 0.490 e. The minimum atomic E-state index is -0.462. The van der Waals surface area contributed by atoms with Crippen molar-refractivity contribution in [1.29, 1.82) is 0 Å². The molecule has 7 nitrogen and oxygen atoms in total. The molecule has 120 valence electrons. The van der Waals surface area contributed by atoms with Gasteiger partial charge in [0, 0.05) is 17.4 Å². The number of fused-ring (bicyclic) bond motifs is 1. The van der Waals surface area contributed by atoms with E-state index < -0.39 is 5.91 Å². The van der Waals surface area contributed by atoms with Gasteiger partial charge in [0.1, 0.15) is 0 Å². The van der Waals surface area contributed by atoms with E-state index in [4.69, 9.17) is 15.2 Å². The van der Waals surface area contributed by atoms with Crippen LogP contribution in [0.5, 0.6) is 11.5 Å². The fraction of sp³-hybridized carbons (Fsp3) is 0.267. The summed E-state index contributed by atoms with van der Waals surface area (Å²) in [5.74, 6) is 0.428. The first-order valence-electron chi connectivity index (χ1n) is 7.05. The first-order valence-corrected chi connectivity index (χ1v) is 7.93. The highest BCUT2D eigenvalue weighted by Gasteiger charge is 2.15. The Hall–Kier alpha value is -2.61. The van der Waals surface area contributed by atoms with E-state index in [0.717, 1.165) is 6.42 Å². The fourth-order valence-electron chi connectivity index (χ4n) is 2.10. The summed E-state index contributed by atoms with van der Waals surface area (Å²) in [6.07, 6.45) is 0.856. The number of rotatable bonds is 4. The smallest absolute Gasteiger partial charge is 0.257 e. The van der Waals surface area contributed by atoms with Gasteiger partial charge in [0.15, 0.2) is 16.6 Å². The number of nitrogens with zero attached hydrogens (tertiary/aromatic N) is 1. The molecule has 0 saturated carbocycles. The molecule has 3 rings (SSSR count). The topological polar surface area (TPSA) is 104 Å². The number of primary amides is 1. The maximum absolute atomic E-state index is 12.3. The van der Waals surface area contributed by atoms with E-state index in [2.05, 4.69) is 10.3 Å². The predicted octanol–water partition coefficient (Wildman–Crippen LogP) is 1.58. The molecule has 0 saturated heterocycles. The van der Waals surface area contributed by atoms with E-state index in [1.54, 1.807) is 23.6 Å². The number of nitrogens with two attached hydrogens (primary N) is 1. The molecule has 1 aromatic carbocycles. The first-order chi connectivity index (χ1) is 11.1. The summed E-state index contributed by atoms with van der Waals surface area (Å²) in [5.41, 5.74) is 6.10. The van der Waals surface area contributed by atoms with Crippen molar-refractivity contribution in [3.05, 3.63) is 34.8 Å². The van der Waals surface area contributed by atoms with Crippen LogP contribution in [-0.4, -0.2) is 30.0 Å². The Balaban J connectivity index is 1.72. The molecular weight excluding hydrogens is 318 g/mol. The maximum Gasteiger partial charge on any atom is 0.257 e. The van der Waals surface area contributed by atoms with E-state index in [-0.39, 0.29) is 12.3 Å². The molecule has 2 aromatic rings. The SMILES string of the molecule is NC(=O)Cc1csc(NC(=O)c2ccc3c(c2)OCCCO3)n1. The number of amides is 2. The van der Waals surface area contributed by atoms with Crippen LogP contribution in [0.3, 0.4) is 0 Å². The zero-order chi connectivity index (χ0) is 16.2. The highest BCUT2D eigenvalue weighted by Crippen LogP contribution is 2.30. The highest BCUT2D eigenvalue weighted by atomic mass is 32.1. The van der Waals surface area contributed by atoms with Crippen LogP contribution < -0.4 is 20.5 Å². The zero-order valence-electron chi connectivity index (χ0n) is 12.2. The molecule has 1 aromatic heterocycles. The Morgan fingerprint density at radius 1 is 1.26 bits per heavy atom. The van der Waals surface area contributed by atoms with E-state index in [0.29, 0.717) is 41.1 Å². The van der Waals surface area contributed by atoms with Crippen LogP contribution >= 0.6 is 11.3 Å². The van der Waals surface area contributed by atoms with Crippen molar-refractivity contribution >= 4 is 28.3 Å². The minimum absolute atomic E-state index is 0.0520. The second-order valence-electron chi connectivity index (χ2n) is 4.95. The number of thiazole rings is 1. The predicted molar refractivity (Wildman–Crippen MR) is 85.0 cm³/mol. The Morgan fingerprint density at radius 3 is 2.83 bits per heavy atom. The Kier molecular flexibility index (Phi) is 4.42. The van der Waals surface area contributed by atoms with Crippen LogP contribution in [0.2, 0.25) is 0 Å². The summed E-state index contributed by atoms with van der Waals surface area (Å²) >= 11 is 1.24. The van der Waals surface area contributed by atoms with Gasteiger partial charge in [-0.2, -0.15) is 0 Å². The number of carbonyl (C=O) groups is 2. The van der Waals surface area contributed by atoms with Gasteiger partial charge in [-0.15, -0.1) is 11.3 Å². The first kappa shape index (κ1) is 15.3. The van der Waals surface area contributed by atoms with Crippen molar-refractivity contribution in [3.63, 3.8) is 0 Å². The lowest BCUT2D eigenvalue weighted by atomic mass is 10.2. The van der Waals surface area contributed by atoms with Crippen molar-refractivity contribution in [2.45, 2.75) is 12.8 Å². The molecule has 0 aliphatic carbocycles. The summed E-state index contributed by atoms with van der Waals surface area (Å²) in [7, 11) is 0. The molecule has 0 bridgehead atoms. The summed E-state index contributed by atoms with van der Waals surface area (Å²) in [4.78, 5) is 27.3. The van der Waals surface area contributed by atoms with Crippen molar-refractivity contribution in [2.24, 2.45) is 5.73 Å². The number of ether oxygens (including phenoxy) is 2. The lowest BCUT2D eigenvalue weighted by molar-refractivity contribution is -0.117. The third-order valence-corrected chi connectivity index (χ3v) is 3.94. The normalized spacial score (nSPS) is 13.2. The molecule has 8 heteroatoms. The van der Waals surface area contributed by atoms with Gasteiger partial charge < -0.3 is 15.2 Å². The van der Waals surface area contributed by atoms with Gasteiger partial charge in [-0.3, -0.25) is 14.9 Å². The molecule has 0 unspecified atom stereocenters. The molecule has 1 aliphatic rings. The van der Waals surface area contributed by atoms with Crippen molar-refractivity contribution in [1.82, 2.24) is 4.98 Å². The van der Waals surface area contributed by atoms with Crippen molar-refractivity contribution in [2.75, 3.05) is 18.5 Å². The lowest BCUT2D eigenvalue weighted by Crippen LogP contribution is -2.14. The standard InChI is InChI=1S/C15H15N3O4S/c16-13(19)7-10-8-23-15(17-10)18-14(20)9-2-3-11-12(6-9)22-5-1-4-21-11/h2-3,6,8H,1,4-5,7H2,(H2,16,19)(H,17,18,20). The van der Waals surface area contributed by atoms with Gasteiger partial charge >= 0.3 is 0 Å². The average Bonchev–Trinajstić information content (AvgIpc) is 2.81. The van der Waals surface area contributed by atoms with E-state index in [9.17, 15) is 9.59 Å². The summed E-state index contributed by atoms with van der Waals surface area (Å²) in [6, 6.07) is 5.03. The van der Waals surface area contributed by atoms with Crippen LogP contribution in [0.1, 0.15) is 22.5 Å². The van der Waals surface area contributed by atoms with Crippen LogP contribution in [0.4, 0.5) is 5.13 Å². The Labute approximate surface area is 136 Å². The average molecular weight is 333 g/mol. The number of hydrogen-bond acceptors (Lipinski definition) is 6. The fourth-order valence-corrected chi connectivity index (χ4v) is 2.80. The zero-order valence-corrected chi connectivity index (χ0v) is 13.0. The third-order valence-electron chi connectivity index (χ3n) is 3.14. The van der Waals surface area contributed by atoms with E-state index >= 15 is 0 Å². The lowest BCUT2D eigenvalue weighted by Gasteiger charge is -2.08. The van der Waals surface area contributed by atoms with Crippen molar-refractivity contribution in [3.8, 4) is 11.5 Å². The van der Waals surface area contributed by atoms with Crippen molar-refractivity contribution < 1.29 is 19.1 Å². The number of aromatic nitrogens is 1. The van der Waals surface area contributed by atoms with Gasteiger partial charge in [-0.1, -0.05) is 0 Å². The molecule has 0 fully saturated rings. The molecule has 23 heavy (non-hydrogen) atoms. The molecule has 3 N–H and O–H groups in total. The molecule has 0 radical (unpaired) electrons. The highest BCUT2D eigenvalue weighted by molar-refractivity contribution is 7.14. The molecule has 2 heterocycles. The second-order valence-corrected chi connectivity index (χ2v) is 5.81. The monoisotopic (exact) mass is 333 g/mol. The van der Waals surface area contributed by atoms with Crippen LogP contribution in [0.25, 0.3) is 0 Å². The molecule has 1 aliphatic heterocycles. The van der Waals surface area contributed by atoms with Crippen LogP contribution in [0.15, 0.2) is 23.6 Å². The van der Waals surface area contributed by atoms with Gasteiger partial charge in [0.25, 0.3) is 5.91 Å². The van der Waals surface area contributed by atoms with Gasteiger partial charge in [0.2, 0.25) is 5.91 Å². The number of hydrogen-bond donors (Lipinski definition) is 2. The van der Waals surface area contributed by atoms with Crippen LogP contribution in [0, 0.1) is 0 Å². The molecular formula is C15H15N3O4S.